The van der Waals surface area contributed by atoms with Crippen molar-refractivity contribution in [2.75, 3.05) is 36.5 Å². The van der Waals surface area contributed by atoms with Crippen molar-refractivity contribution in [2.45, 2.75) is 44.6 Å². The summed E-state index contributed by atoms with van der Waals surface area (Å²) in [5, 5.41) is 6.15. The van der Waals surface area contributed by atoms with Gasteiger partial charge in [-0.05, 0) is 56.4 Å². The summed E-state index contributed by atoms with van der Waals surface area (Å²) < 4.78 is 50.4. The number of hydrogen-bond acceptors (Lipinski definition) is 7. The summed E-state index contributed by atoms with van der Waals surface area (Å²) in [6, 6.07) is 2.28. The Morgan fingerprint density at radius 3 is 2.56 bits per heavy atom. The minimum atomic E-state index is -3.60. The Hall–Kier alpha value is -1.76. The Labute approximate surface area is 189 Å². The number of aromatic amines is 1. The van der Waals surface area contributed by atoms with Crippen LogP contribution in [-0.2, 0) is 20.0 Å². The topological polar surface area (TPSA) is 142 Å². The van der Waals surface area contributed by atoms with E-state index >= 15 is 0 Å². The van der Waals surface area contributed by atoms with Crippen LogP contribution in [0, 0.1) is 11.8 Å². The number of fused-ring (bicyclic) bond motifs is 1. The zero-order chi connectivity index (χ0) is 22.9. The van der Waals surface area contributed by atoms with E-state index in [2.05, 4.69) is 19.9 Å². The summed E-state index contributed by atoms with van der Waals surface area (Å²) in [4.78, 5) is 14.0. The van der Waals surface area contributed by atoms with E-state index in [1.807, 2.05) is 19.3 Å². The van der Waals surface area contributed by atoms with Crippen molar-refractivity contribution >= 4 is 36.9 Å². The van der Waals surface area contributed by atoms with E-state index in [1.165, 1.54) is 4.31 Å². The van der Waals surface area contributed by atoms with Crippen LogP contribution in [0.5, 0.6) is 0 Å². The molecule has 2 fully saturated rings. The second-order valence-electron chi connectivity index (χ2n) is 9.20. The third-order valence-corrected chi connectivity index (χ3v) is 9.77. The zero-order valence-corrected chi connectivity index (χ0v) is 20.0. The van der Waals surface area contributed by atoms with Crippen LogP contribution in [0.2, 0.25) is 0 Å². The van der Waals surface area contributed by atoms with E-state index in [9.17, 15) is 16.8 Å². The van der Waals surface area contributed by atoms with Crippen LogP contribution in [0.1, 0.15) is 38.5 Å². The van der Waals surface area contributed by atoms with Crippen LogP contribution in [0.3, 0.4) is 0 Å². The number of anilines is 1. The predicted molar refractivity (Wildman–Crippen MR) is 124 cm³/mol. The lowest BCUT2D eigenvalue weighted by Crippen LogP contribution is -2.45. The van der Waals surface area contributed by atoms with Crippen molar-refractivity contribution in [1.82, 2.24) is 19.3 Å². The highest BCUT2D eigenvalue weighted by molar-refractivity contribution is 7.89. The summed E-state index contributed by atoms with van der Waals surface area (Å²) in [6.07, 6.45) is 8.26. The number of H-pyrrole nitrogens is 1. The van der Waals surface area contributed by atoms with Gasteiger partial charge in [0.25, 0.3) is 0 Å². The number of nitrogens with zero attached hydrogens (tertiary/aromatic N) is 4. The van der Waals surface area contributed by atoms with Gasteiger partial charge in [0.2, 0.25) is 20.0 Å². The van der Waals surface area contributed by atoms with Gasteiger partial charge in [0, 0.05) is 32.4 Å². The first-order valence-corrected chi connectivity index (χ1v) is 14.4. The van der Waals surface area contributed by atoms with Gasteiger partial charge < -0.3 is 9.88 Å². The minimum Gasteiger partial charge on any atom is -0.356 e. The summed E-state index contributed by atoms with van der Waals surface area (Å²) in [6.45, 7) is 0.707. The van der Waals surface area contributed by atoms with E-state index in [4.69, 9.17) is 5.14 Å². The number of rotatable bonds is 7. The first-order valence-electron chi connectivity index (χ1n) is 11.1. The van der Waals surface area contributed by atoms with Gasteiger partial charge >= 0.3 is 0 Å². The summed E-state index contributed by atoms with van der Waals surface area (Å²) in [5.41, 5.74) is 0.809. The van der Waals surface area contributed by atoms with Gasteiger partial charge in [-0.2, -0.15) is 0 Å². The molecule has 3 heterocycles. The highest BCUT2D eigenvalue weighted by Gasteiger charge is 2.34. The second kappa shape index (κ2) is 9.24. The Morgan fingerprint density at radius 2 is 1.84 bits per heavy atom. The second-order valence-corrected chi connectivity index (χ2v) is 12.9. The van der Waals surface area contributed by atoms with Crippen LogP contribution < -0.4 is 10.0 Å². The molecule has 3 N–H and O–H groups in total. The average molecular weight is 485 g/mol. The fraction of sp³-hybridized carbons (Fsp3) is 0.700. The molecule has 12 heteroatoms. The van der Waals surface area contributed by atoms with Gasteiger partial charge in [-0.25, -0.2) is 36.2 Å². The molecule has 0 bridgehead atoms. The molecule has 1 saturated carbocycles. The smallest absolute Gasteiger partial charge is 0.214 e. The molecule has 1 aliphatic heterocycles. The largest absolute Gasteiger partial charge is 0.356 e. The third-order valence-electron chi connectivity index (χ3n) is 6.82. The van der Waals surface area contributed by atoms with Gasteiger partial charge in [-0.1, -0.05) is 0 Å². The van der Waals surface area contributed by atoms with E-state index in [1.54, 1.807) is 6.33 Å². The Balaban J connectivity index is 1.33. The van der Waals surface area contributed by atoms with Gasteiger partial charge in [0.05, 0.1) is 16.9 Å². The lowest BCUT2D eigenvalue weighted by Gasteiger charge is -2.37. The molecule has 4 rings (SSSR count). The first-order chi connectivity index (χ1) is 15.1. The van der Waals surface area contributed by atoms with Crippen LogP contribution in [0.15, 0.2) is 18.6 Å². The van der Waals surface area contributed by atoms with Crippen molar-refractivity contribution < 1.29 is 16.8 Å². The molecular formula is C20H32N6O4S2. The maximum Gasteiger partial charge on any atom is 0.214 e. The van der Waals surface area contributed by atoms with Crippen LogP contribution in [0.4, 0.5) is 5.82 Å². The maximum absolute atomic E-state index is 13.0. The summed E-state index contributed by atoms with van der Waals surface area (Å²) >= 11 is 0. The lowest BCUT2D eigenvalue weighted by atomic mass is 9.86. The molecule has 10 nitrogen and oxygen atoms in total. The van der Waals surface area contributed by atoms with Crippen molar-refractivity contribution in [3.63, 3.8) is 0 Å². The highest BCUT2D eigenvalue weighted by atomic mass is 32.2. The number of hydrogen-bond donors (Lipinski definition) is 2. The van der Waals surface area contributed by atoms with Gasteiger partial charge in [0.15, 0.2) is 0 Å². The number of primary sulfonamides is 1. The molecule has 0 unspecified atom stereocenters. The van der Waals surface area contributed by atoms with E-state index < -0.39 is 20.0 Å². The minimum absolute atomic E-state index is 0.112. The molecule has 2 aromatic heterocycles. The lowest BCUT2D eigenvalue weighted by molar-refractivity contribution is 0.276. The van der Waals surface area contributed by atoms with E-state index in [-0.39, 0.29) is 29.9 Å². The predicted octanol–water partition coefficient (Wildman–Crippen LogP) is 1.28. The fourth-order valence-corrected chi connectivity index (χ4v) is 8.07. The molecule has 0 radical (unpaired) electrons. The SMILES string of the molecule is CN(c1ncnc2[nH]ccc12)C1CCC(CS(=O)(=O)N2CCC[C@H](CS(N)(=O)=O)C2)CC1. The fourth-order valence-electron chi connectivity index (χ4n) is 5.16. The average Bonchev–Trinajstić information content (AvgIpc) is 3.21. The van der Waals surface area contributed by atoms with Crippen molar-refractivity contribution in [3.05, 3.63) is 18.6 Å². The van der Waals surface area contributed by atoms with Crippen molar-refractivity contribution in [2.24, 2.45) is 17.0 Å². The van der Waals surface area contributed by atoms with Crippen LogP contribution in [0.25, 0.3) is 11.0 Å². The molecule has 2 aliphatic rings. The standard InChI is InChI=1S/C20H32N6O4S2/c1-25(20-18-8-9-22-19(18)23-14-24-20)17-6-4-15(5-7-17)13-32(29,30)26-10-2-3-16(11-26)12-31(21,27)28/h8-9,14-17H,2-7,10-13H2,1H3,(H2,21,27,28)(H,22,23,24)/t15?,16-,17?/m0/s1. The van der Waals surface area contributed by atoms with E-state index in [0.29, 0.717) is 25.4 Å². The number of nitrogens with one attached hydrogen (secondary N) is 1. The van der Waals surface area contributed by atoms with Gasteiger partial charge in [-0.3, -0.25) is 0 Å². The Bertz CT molecular complexity index is 1140. The monoisotopic (exact) mass is 484 g/mol. The normalized spacial score (nSPS) is 25.8. The Morgan fingerprint density at radius 1 is 1.09 bits per heavy atom. The molecular weight excluding hydrogens is 452 g/mol. The third kappa shape index (κ3) is 5.41. The molecule has 1 atom stereocenters. The number of nitrogens with two attached hydrogens (primary N) is 1. The Kier molecular flexibility index (Phi) is 6.76. The summed E-state index contributed by atoms with van der Waals surface area (Å²) in [7, 11) is -4.99. The van der Waals surface area contributed by atoms with E-state index in [0.717, 1.165) is 42.5 Å². The molecule has 1 aliphatic carbocycles. The molecule has 0 aromatic carbocycles. The number of piperidine rings is 1. The number of sulfonamides is 2. The molecule has 2 aromatic rings. The molecule has 0 amide bonds. The molecule has 178 valence electrons. The first kappa shape index (κ1) is 23.4. The van der Waals surface area contributed by atoms with Crippen LogP contribution >= 0.6 is 0 Å². The van der Waals surface area contributed by atoms with Crippen molar-refractivity contribution in [1.29, 1.82) is 0 Å². The quantitative estimate of drug-likeness (QED) is 0.603. The molecule has 1 saturated heterocycles. The molecule has 0 spiro atoms. The van der Waals surface area contributed by atoms with Crippen LogP contribution in [-0.4, -0.2) is 73.8 Å². The van der Waals surface area contributed by atoms with Gasteiger partial charge in [-0.15, -0.1) is 0 Å². The summed E-state index contributed by atoms with van der Waals surface area (Å²) in [5.74, 6) is 0.744. The highest BCUT2D eigenvalue weighted by Crippen LogP contribution is 2.33. The van der Waals surface area contributed by atoms with Gasteiger partial charge in [0.1, 0.15) is 17.8 Å². The zero-order valence-electron chi connectivity index (χ0n) is 18.4. The van der Waals surface area contributed by atoms with Crippen molar-refractivity contribution in [3.8, 4) is 0 Å². The number of aromatic nitrogens is 3. The maximum atomic E-state index is 13.0. The molecule has 32 heavy (non-hydrogen) atoms.